The molecule has 1 aromatic heterocycles. The third-order valence-corrected chi connectivity index (χ3v) is 7.80. The van der Waals surface area contributed by atoms with E-state index >= 15 is 0 Å². The maximum atomic E-state index is 15.0. The smallest absolute Gasteiger partial charge is 0.219 e. The van der Waals surface area contributed by atoms with Crippen LogP contribution in [0.5, 0.6) is 5.75 Å². The number of sulfone groups is 1. The summed E-state index contributed by atoms with van der Waals surface area (Å²) in [5, 5.41) is 13.1. The van der Waals surface area contributed by atoms with E-state index in [0.717, 1.165) is 17.2 Å². The Labute approximate surface area is 249 Å². The number of hydrogen-bond acceptors (Lipinski definition) is 7. The molecule has 0 saturated carbocycles. The van der Waals surface area contributed by atoms with Crippen LogP contribution in [-0.4, -0.2) is 74.5 Å². The van der Waals surface area contributed by atoms with Crippen LogP contribution in [0.3, 0.4) is 0 Å². The average Bonchev–Trinajstić information content (AvgIpc) is 2.95. The number of aliphatic imine (C=N–C) groups is 1. The van der Waals surface area contributed by atoms with Crippen LogP contribution in [0, 0.1) is 5.82 Å². The van der Waals surface area contributed by atoms with E-state index in [4.69, 9.17) is 11.6 Å². The molecule has 0 bridgehead atoms. The number of phenols is 1. The van der Waals surface area contributed by atoms with Crippen molar-refractivity contribution in [2.45, 2.75) is 24.3 Å². The van der Waals surface area contributed by atoms with E-state index in [1.807, 2.05) is 11.8 Å². The van der Waals surface area contributed by atoms with Crippen LogP contribution in [0.4, 0.5) is 15.9 Å². The molecule has 1 unspecified atom stereocenters. The second kappa shape index (κ2) is 14.1. The zero-order chi connectivity index (χ0) is 31.0. The molecule has 0 aliphatic rings. The summed E-state index contributed by atoms with van der Waals surface area (Å²) >= 11 is 6.66. The van der Waals surface area contributed by atoms with Gasteiger partial charge in [-0.3, -0.25) is 19.5 Å². The molecule has 13 heteroatoms. The molecule has 0 saturated heterocycles. The number of para-hydroxylation sites is 1. The minimum Gasteiger partial charge on any atom is -0.507 e. The summed E-state index contributed by atoms with van der Waals surface area (Å²) < 4.78 is 40.4. The number of phenolic OH excluding ortho intramolecular Hbond substituents is 1. The lowest BCUT2D eigenvalue weighted by molar-refractivity contribution is -0.109. The van der Waals surface area contributed by atoms with Crippen LogP contribution in [0.1, 0.15) is 18.9 Å². The number of aromatic nitrogens is 1. The Hall–Kier alpha value is -4.29. The standard InChI is InChI=1S/C29H31ClFN5O5S/c1-5-6-14-35(19(2)16-33-17-37)28(32-3)20-15-21(30)27(26-22(31)10-9-12-24(26)39)34-29(20)36(18-38)23-11-7-8-13-25(23)42(4,40)41/h5,7-13,15,17-19,39H,1,6,14,16H2,2-4H3,(H,33,37). The zero-order valence-corrected chi connectivity index (χ0v) is 24.9. The van der Waals surface area contributed by atoms with Gasteiger partial charge in [0.15, 0.2) is 15.7 Å². The number of hydrogen-bond donors (Lipinski definition) is 2. The fourth-order valence-electron chi connectivity index (χ4n) is 4.44. The number of nitrogens with one attached hydrogen (secondary N) is 1. The number of halogens is 2. The second-order valence-corrected chi connectivity index (χ2v) is 11.6. The fraction of sp³-hybridized carbons (Fsp3) is 0.241. The fourth-order valence-corrected chi connectivity index (χ4v) is 5.56. The van der Waals surface area contributed by atoms with Crippen molar-refractivity contribution < 1.29 is 27.5 Å². The molecule has 222 valence electrons. The highest BCUT2D eigenvalue weighted by Crippen LogP contribution is 2.40. The van der Waals surface area contributed by atoms with Gasteiger partial charge in [0, 0.05) is 32.4 Å². The number of nitrogens with zero attached hydrogens (tertiary/aromatic N) is 4. The third-order valence-electron chi connectivity index (χ3n) is 6.37. The van der Waals surface area contributed by atoms with Crippen LogP contribution >= 0.6 is 11.6 Å². The largest absolute Gasteiger partial charge is 0.507 e. The molecule has 0 radical (unpaired) electrons. The maximum Gasteiger partial charge on any atom is 0.219 e. The lowest BCUT2D eigenvalue weighted by atomic mass is 10.1. The monoisotopic (exact) mass is 615 g/mol. The molecular weight excluding hydrogens is 585 g/mol. The zero-order valence-electron chi connectivity index (χ0n) is 23.3. The molecule has 0 aliphatic heterocycles. The minimum absolute atomic E-state index is 0.0152. The molecule has 3 aromatic rings. The number of benzene rings is 2. The van der Waals surface area contributed by atoms with Gasteiger partial charge in [-0.15, -0.1) is 6.58 Å². The highest BCUT2D eigenvalue weighted by Gasteiger charge is 2.29. The summed E-state index contributed by atoms with van der Waals surface area (Å²) in [5.74, 6) is -1.08. The van der Waals surface area contributed by atoms with Crippen LogP contribution in [0.25, 0.3) is 11.3 Å². The third kappa shape index (κ3) is 6.94. The number of pyridine rings is 1. The number of amides is 2. The molecule has 42 heavy (non-hydrogen) atoms. The number of carbonyl (C=O) groups is 2. The Kier molecular flexibility index (Phi) is 10.8. The molecule has 3 rings (SSSR count). The lowest BCUT2D eigenvalue weighted by Gasteiger charge is -2.33. The Balaban J connectivity index is 2.42. The number of amidine groups is 1. The van der Waals surface area contributed by atoms with Gasteiger partial charge in [0.2, 0.25) is 12.8 Å². The first-order valence-corrected chi connectivity index (χ1v) is 15.0. The number of anilines is 2. The summed E-state index contributed by atoms with van der Waals surface area (Å²) in [4.78, 5) is 35.5. The van der Waals surface area contributed by atoms with Gasteiger partial charge in [0.25, 0.3) is 0 Å². The van der Waals surface area contributed by atoms with E-state index in [2.05, 4.69) is 21.9 Å². The van der Waals surface area contributed by atoms with Crippen molar-refractivity contribution >= 4 is 51.6 Å². The van der Waals surface area contributed by atoms with Gasteiger partial charge < -0.3 is 15.3 Å². The van der Waals surface area contributed by atoms with Crippen LogP contribution in [-0.2, 0) is 19.4 Å². The van der Waals surface area contributed by atoms with Crippen molar-refractivity contribution in [2.24, 2.45) is 4.99 Å². The lowest BCUT2D eigenvalue weighted by Crippen LogP contribution is -2.45. The van der Waals surface area contributed by atoms with Gasteiger partial charge in [-0.1, -0.05) is 35.9 Å². The maximum absolute atomic E-state index is 15.0. The summed E-state index contributed by atoms with van der Waals surface area (Å²) in [5.41, 5.74) is -0.295. The number of rotatable bonds is 13. The topological polar surface area (TPSA) is 132 Å². The van der Waals surface area contributed by atoms with E-state index in [1.54, 1.807) is 12.1 Å². The van der Waals surface area contributed by atoms with E-state index < -0.39 is 21.4 Å². The normalized spacial score (nSPS) is 12.4. The van der Waals surface area contributed by atoms with Crippen LogP contribution < -0.4 is 10.2 Å². The van der Waals surface area contributed by atoms with Gasteiger partial charge in [-0.05, 0) is 43.7 Å². The predicted octanol–water partition coefficient (Wildman–Crippen LogP) is 4.33. The molecule has 10 nitrogen and oxygen atoms in total. The van der Waals surface area contributed by atoms with Crippen molar-refractivity contribution in [3.63, 3.8) is 0 Å². The van der Waals surface area contributed by atoms with Crippen molar-refractivity contribution in [2.75, 3.05) is 31.3 Å². The minimum atomic E-state index is -3.82. The highest BCUT2D eigenvalue weighted by atomic mass is 35.5. The van der Waals surface area contributed by atoms with Gasteiger partial charge in [0.1, 0.15) is 17.4 Å². The van der Waals surface area contributed by atoms with Gasteiger partial charge in [0.05, 0.1) is 32.4 Å². The van der Waals surface area contributed by atoms with Crippen LogP contribution in [0.15, 0.2) is 71.1 Å². The van der Waals surface area contributed by atoms with Crippen molar-refractivity contribution in [3.05, 3.63) is 77.6 Å². The Morgan fingerprint density at radius 3 is 2.55 bits per heavy atom. The summed E-state index contributed by atoms with van der Waals surface area (Å²) in [6.45, 7) is 6.26. The first-order chi connectivity index (χ1) is 20.0. The van der Waals surface area contributed by atoms with Gasteiger partial charge >= 0.3 is 0 Å². The predicted molar refractivity (Wildman–Crippen MR) is 162 cm³/mol. The molecule has 0 spiro atoms. The molecule has 0 fully saturated rings. The Morgan fingerprint density at radius 2 is 1.95 bits per heavy atom. The van der Waals surface area contributed by atoms with Gasteiger partial charge in [-0.25, -0.2) is 17.8 Å². The molecule has 0 aliphatic carbocycles. The molecule has 2 aromatic carbocycles. The van der Waals surface area contributed by atoms with E-state index in [9.17, 15) is 27.5 Å². The summed E-state index contributed by atoms with van der Waals surface area (Å²) in [6.07, 6.45) is 4.19. The number of carbonyl (C=O) groups excluding carboxylic acids is 2. The van der Waals surface area contributed by atoms with Crippen molar-refractivity contribution in [1.29, 1.82) is 0 Å². The summed E-state index contributed by atoms with van der Waals surface area (Å²) in [6, 6.07) is 10.6. The highest BCUT2D eigenvalue weighted by molar-refractivity contribution is 7.90. The van der Waals surface area contributed by atoms with E-state index in [0.29, 0.717) is 31.6 Å². The Morgan fingerprint density at radius 1 is 1.24 bits per heavy atom. The van der Waals surface area contributed by atoms with Crippen molar-refractivity contribution in [1.82, 2.24) is 15.2 Å². The molecule has 1 heterocycles. The van der Waals surface area contributed by atoms with Crippen LogP contribution in [0.2, 0.25) is 5.02 Å². The Bertz CT molecular complexity index is 1600. The SMILES string of the molecule is C=CCCN(C(=NC)c1cc(Cl)c(-c2c(O)cccc2F)nc1N(C=O)c1ccccc1S(C)(=O)=O)C(C)CNC=O. The quantitative estimate of drug-likeness (QED) is 0.127. The molecular formula is C29H31ClFN5O5S. The first-order valence-electron chi connectivity index (χ1n) is 12.7. The van der Waals surface area contributed by atoms with E-state index in [1.165, 1.54) is 43.4 Å². The van der Waals surface area contributed by atoms with Gasteiger partial charge in [-0.2, -0.15) is 0 Å². The molecule has 1 atom stereocenters. The van der Waals surface area contributed by atoms with Crippen molar-refractivity contribution in [3.8, 4) is 17.0 Å². The number of aromatic hydroxyl groups is 1. The van der Waals surface area contributed by atoms with E-state index in [-0.39, 0.29) is 50.8 Å². The average molecular weight is 616 g/mol. The second-order valence-electron chi connectivity index (χ2n) is 9.23. The molecule has 2 amide bonds. The summed E-state index contributed by atoms with van der Waals surface area (Å²) in [7, 11) is -2.30. The first kappa shape index (κ1) is 32.2. The molecule has 2 N–H and O–H groups in total.